The van der Waals surface area contributed by atoms with Gasteiger partial charge in [0, 0.05) is 64.8 Å². The largest absolute Gasteiger partial charge is 0.462 e. The molecule has 364 valence electrons. The summed E-state index contributed by atoms with van der Waals surface area (Å²) in [5.41, 5.74) is 0.444. The van der Waals surface area contributed by atoms with E-state index in [-0.39, 0.29) is 92.0 Å². The van der Waals surface area contributed by atoms with Crippen molar-refractivity contribution in [3.05, 3.63) is 59.3 Å². The van der Waals surface area contributed by atoms with Gasteiger partial charge in [0.1, 0.15) is 42.7 Å². The fraction of sp³-hybridized carbons (Fsp3) is 0.788. The van der Waals surface area contributed by atoms with Gasteiger partial charge in [-0.1, -0.05) is 75.1 Å². The number of aliphatic hydroxyl groups is 2. The van der Waals surface area contributed by atoms with Crippen molar-refractivity contribution in [3.63, 3.8) is 0 Å². The van der Waals surface area contributed by atoms with Gasteiger partial charge < -0.3 is 57.6 Å². The Morgan fingerprint density at radius 3 is 2.32 bits per heavy atom. The maximum Gasteiger partial charge on any atom is 0.316 e. The summed E-state index contributed by atoms with van der Waals surface area (Å²) in [6.45, 7) is 12.8. The van der Waals surface area contributed by atoms with Crippen LogP contribution >= 0.6 is 0 Å². The molecule has 0 aromatic rings. The van der Waals surface area contributed by atoms with E-state index in [1.807, 2.05) is 19.1 Å². The summed E-state index contributed by atoms with van der Waals surface area (Å²) < 4.78 is 64.2. The molecule has 19 atom stereocenters. The summed E-state index contributed by atoms with van der Waals surface area (Å²) in [5, 5.41) is 24.0. The van der Waals surface area contributed by atoms with Gasteiger partial charge in [-0.2, -0.15) is 0 Å². The third kappa shape index (κ3) is 9.96. The summed E-state index contributed by atoms with van der Waals surface area (Å²) in [6, 6.07) is 0. The lowest BCUT2D eigenvalue weighted by molar-refractivity contribution is -0.301. The number of aliphatic hydroxyl groups excluding tert-OH is 1. The summed E-state index contributed by atoms with van der Waals surface area (Å²) in [5.74, 6) is -2.16. The van der Waals surface area contributed by atoms with Crippen LogP contribution in [0.3, 0.4) is 0 Å². The molecule has 1 saturated carbocycles. The van der Waals surface area contributed by atoms with E-state index < -0.39 is 41.6 Å². The number of hydrogen-bond acceptors (Lipinski definition) is 13. The van der Waals surface area contributed by atoms with Gasteiger partial charge in [0.25, 0.3) is 0 Å². The third-order valence-electron chi connectivity index (χ3n) is 16.4. The molecule has 0 radical (unpaired) electrons. The van der Waals surface area contributed by atoms with Crippen LogP contribution in [0.2, 0.25) is 0 Å². The summed E-state index contributed by atoms with van der Waals surface area (Å²) in [7, 11) is 5.11. The summed E-state index contributed by atoms with van der Waals surface area (Å²) >= 11 is 0. The minimum Gasteiger partial charge on any atom is -0.462 e. The Labute approximate surface area is 387 Å². The lowest BCUT2D eigenvalue weighted by Crippen LogP contribution is -2.58. The van der Waals surface area contributed by atoms with Crippen molar-refractivity contribution in [2.24, 2.45) is 35.5 Å². The average molecular weight is 911 g/mol. The molecule has 2 bridgehead atoms. The lowest BCUT2D eigenvalue weighted by atomic mass is 9.71. The van der Waals surface area contributed by atoms with Gasteiger partial charge in [-0.3, -0.25) is 4.79 Å². The Morgan fingerprint density at radius 1 is 0.846 bits per heavy atom. The number of fused-ring (bicyclic) bond motifs is 2. The first-order valence-corrected chi connectivity index (χ1v) is 24.7. The van der Waals surface area contributed by atoms with Crippen molar-refractivity contribution in [2.75, 3.05) is 34.7 Å². The van der Waals surface area contributed by atoms with E-state index >= 15 is 0 Å². The van der Waals surface area contributed by atoms with E-state index in [1.54, 1.807) is 34.3 Å². The van der Waals surface area contributed by atoms with Crippen molar-refractivity contribution in [3.8, 4) is 0 Å². The lowest BCUT2D eigenvalue weighted by Gasteiger charge is -2.50. The Balaban J connectivity index is 1.12. The number of carbonyl (C=O) groups is 1. The van der Waals surface area contributed by atoms with Crippen LogP contribution in [-0.2, 0) is 52.2 Å². The molecule has 5 fully saturated rings. The third-order valence-corrected chi connectivity index (χ3v) is 16.4. The van der Waals surface area contributed by atoms with Crippen molar-refractivity contribution < 1.29 is 62.4 Å². The van der Waals surface area contributed by atoms with Crippen LogP contribution in [0.25, 0.3) is 0 Å². The van der Waals surface area contributed by atoms with Crippen LogP contribution in [0.15, 0.2) is 59.3 Å². The highest BCUT2D eigenvalue weighted by Gasteiger charge is 2.60. The number of allylic oxidation sites excluding steroid dienone is 3. The van der Waals surface area contributed by atoms with Gasteiger partial charge in [-0.15, -0.1) is 0 Å². The standard InChI is InChI=1S/C52H78O13/c1-29-14-13-17-36-27-59-49-46(53)32(4)22-39(52(36,49)55)50(54)63-38-23-37(64-51(26-38)21-20-31(3)47(65-51)35-15-11-10-12-16-35)19-18-30(2)44(29)41-24-40(57-8)45(33(5)61-41)42-25-43(58-9)48(34(6)62-42)60-28-56-7/h13-14,17-18,20-22,29,31,33-35,37-49,53,55H,10-12,15-16,19,23-28H2,1-9H3/b14-13+,30-18+,36-17+/t29-,31-,33-,34-,37+,38-,39-,40-,41?,42+,43-,44-,45?,46+,47-,48-,49+,51+,52+/m0/s1. The summed E-state index contributed by atoms with van der Waals surface area (Å²) in [6.07, 6.45) is 18.4. The highest BCUT2D eigenvalue weighted by Crippen LogP contribution is 2.48. The fourth-order valence-electron chi connectivity index (χ4n) is 13.0. The zero-order chi connectivity index (χ0) is 46.2. The predicted molar refractivity (Wildman–Crippen MR) is 242 cm³/mol. The zero-order valence-electron chi connectivity index (χ0n) is 40.3. The minimum absolute atomic E-state index is 0.00575. The maximum atomic E-state index is 14.5. The molecule has 6 heterocycles. The first-order valence-electron chi connectivity index (χ1n) is 24.7. The number of ether oxygens (including phenoxy) is 10. The minimum atomic E-state index is -1.81. The van der Waals surface area contributed by atoms with Crippen LogP contribution in [0, 0.1) is 35.5 Å². The molecule has 8 aliphatic rings. The van der Waals surface area contributed by atoms with Gasteiger partial charge in [0.2, 0.25) is 0 Å². The van der Waals surface area contributed by atoms with Gasteiger partial charge >= 0.3 is 5.97 Å². The van der Waals surface area contributed by atoms with Crippen LogP contribution in [0.5, 0.6) is 0 Å². The highest BCUT2D eigenvalue weighted by atomic mass is 16.7. The van der Waals surface area contributed by atoms with E-state index in [1.165, 1.54) is 19.3 Å². The van der Waals surface area contributed by atoms with Crippen LogP contribution in [0.4, 0.5) is 0 Å². The molecule has 1 spiro atoms. The molecule has 65 heavy (non-hydrogen) atoms. The number of methoxy groups -OCH3 is 3. The second-order valence-corrected chi connectivity index (χ2v) is 20.7. The van der Waals surface area contributed by atoms with E-state index in [9.17, 15) is 15.0 Å². The molecule has 4 saturated heterocycles. The fourth-order valence-corrected chi connectivity index (χ4v) is 13.0. The molecule has 8 rings (SSSR count). The van der Waals surface area contributed by atoms with Gasteiger partial charge in [-0.05, 0) is 76.0 Å². The molecule has 13 nitrogen and oxygen atoms in total. The van der Waals surface area contributed by atoms with E-state index in [4.69, 9.17) is 47.4 Å². The summed E-state index contributed by atoms with van der Waals surface area (Å²) in [4.78, 5) is 14.5. The maximum absolute atomic E-state index is 14.5. The van der Waals surface area contributed by atoms with E-state index in [0.29, 0.717) is 49.2 Å². The van der Waals surface area contributed by atoms with Gasteiger partial charge in [0.05, 0.1) is 55.4 Å². The Morgan fingerprint density at radius 2 is 1.58 bits per heavy atom. The molecule has 2 aliphatic carbocycles. The molecular formula is C52H78O13. The van der Waals surface area contributed by atoms with E-state index in [2.05, 4.69) is 52.0 Å². The highest BCUT2D eigenvalue weighted by molar-refractivity contribution is 5.78. The smallest absolute Gasteiger partial charge is 0.316 e. The Kier molecular flexibility index (Phi) is 15.7. The number of esters is 1. The first-order chi connectivity index (χ1) is 31.2. The Hall–Kier alpha value is -2.27. The molecule has 0 aromatic heterocycles. The zero-order valence-corrected chi connectivity index (χ0v) is 40.3. The number of carbonyl (C=O) groups excluding carboxylic acids is 1. The molecular weight excluding hydrogens is 833 g/mol. The normalized spacial score (nSPS) is 48.6. The molecule has 2 N–H and O–H groups in total. The monoisotopic (exact) mass is 911 g/mol. The average Bonchev–Trinajstić information content (AvgIpc) is 3.63. The molecule has 0 aromatic carbocycles. The quantitative estimate of drug-likeness (QED) is 0.145. The van der Waals surface area contributed by atoms with Crippen molar-refractivity contribution in [2.45, 2.75) is 190 Å². The molecule has 2 unspecified atom stereocenters. The van der Waals surface area contributed by atoms with Gasteiger partial charge in [-0.25, -0.2) is 0 Å². The van der Waals surface area contributed by atoms with Crippen LogP contribution in [-0.4, -0.2) is 136 Å². The SMILES string of the molecule is COCO[C@H]1[C@H](C)O[C@@H](C2[C@H](C)OC([C@@H]3/C(C)=C/C[C@@H]4C[C@@H](C[C@]5(C=C[C@H](C)[C@@H](C6CCCCC6)O5)O4)OC(=O)[C@@H]4C=C(C)[C@@H](O)[C@H]5OC/C(=C\C=C\[C@@H]3C)[C@]54O)C[C@@H]2OC)C[C@@H]1OC. The topological polar surface area (TPSA) is 150 Å². The molecule has 13 heteroatoms. The molecule has 6 aliphatic heterocycles. The van der Waals surface area contributed by atoms with Crippen molar-refractivity contribution >= 4 is 5.97 Å². The predicted octanol–water partition coefficient (Wildman–Crippen LogP) is 7.09. The Bertz CT molecular complexity index is 1800. The van der Waals surface area contributed by atoms with Crippen LogP contribution in [0.1, 0.15) is 106 Å². The number of hydrogen-bond donors (Lipinski definition) is 2. The second kappa shape index (κ2) is 20.8. The van der Waals surface area contributed by atoms with Crippen molar-refractivity contribution in [1.29, 1.82) is 0 Å². The molecule has 0 amide bonds. The number of rotatable bonds is 8. The second-order valence-electron chi connectivity index (χ2n) is 20.7. The first kappa shape index (κ1) is 49.2. The van der Waals surface area contributed by atoms with Crippen molar-refractivity contribution in [1.82, 2.24) is 0 Å². The van der Waals surface area contributed by atoms with E-state index in [0.717, 1.165) is 18.4 Å². The van der Waals surface area contributed by atoms with Gasteiger partial charge in [0.15, 0.2) is 5.79 Å². The van der Waals surface area contributed by atoms with Crippen LogP contribution < -0.4 is 0 Å².